The molecule has 0 radical (unpaired) electrons. The third-order valence-corrected chi connectivity index (χ3v) is 7.45. The van der Waals surface area contributed by atoms with Gasteiger partial charge in [0.1, 0.15) is 36.0 Å². The van der Waals surface area contributed by atoms with E-state index in [2.05, 4.69) is 33.2 Å². The maximum atomic E-state index is 13.6. The second-order valence-electron chi connectivity index (χ2n) is 12.3. The highest BCUT2D eigenvalue weighted by Gasteiger charge is 2.32. The van der Waals surface area contributed by atoms with Gasteiger partial charge in [0.15, 0.2) is 0 Å². The van der Waals surface area contributed by atoms with Crippen molar-refractivity contribution in [1.82, 2.24) is 26.6 Å². The van der Waals surface area contributed by atoms with Gasteiger partial charge in [-0.15, -0.1) is 6.58 Å². The van der Waals surface area contributed by atoms with Crippen LogP contribution in [0.1, 0.15) is 64.9 Å². The Morgan fingerprint density at radius 2 is 1.20 bits per heavy atom. The Morgan fingerprint density at radius 1 is 0.714 bits per heavy atom. The fraction of sp³-hybridized carbons (Fsp3) is 0.576. The molecule has 1 aromatic carbocycles. The molecule has 16 heteroatoms. The lowest BCUT2D eigenvalue weighted by atomic mass is 10.0. The largest absolute Gasteiger partial charge is 0.508 e. The van der Waals surface area contributed by atoms with Crippen LogP contribution in [0.25, 0.3) is 0 Å². The molecule has 0 aliphatic rings. The van der Waals surface area contributed by atoms with Crippen LogP contribution in [0.4, 0.5) is 0 Å². The van der Waals surface area contributed by atoms with Crippen LogP contribution in [-0.4, -0.2) is 95.1 Å². The fourth-order valence-electron chi connectivity index (χ4n) is 4.76. The standard InChI is InChI=1S/C33H54N8O8/c1-5-8-23(38-30(45)24(9-6-7-15-34)39-31(46)25(14-16-35)37-28(43)20(4)36)29(44)40-26(18-21-10-12-22(42)13-11-21)32(47)41-27(33(48)49)17-19(2)3/h5,10-13,19-20,23-27,42H,1,6-9,14-18,34-36H2,2-4H3,(H,37,43)(H,38,45)(H,39,46)(H,40,44)(H,41,47)(H,48,49)/t20-,23-,24-,25-,26-,27-/m0/s1. The first-order valence-electron chi connectivity index (χ1n) is 16.4. The molecule has 49 heavy (non-hydrogen) atoms. The first-order valence-corrected chi connectivity index (χ1v) is 16.4. The van der Waals surface area contributed by atoms with Gasteiger partial charge in [0.25, 0.3) is 0 Å². The lowest BCUT2D eigenvalue weighted by Gasteiger charge is -2.27. The van der Waals surface area contributed by atoms with E-state index in [0.717, 1.165) is 0 Å². The predicted molar refractivity (Wildman–Crippen MR) is 184 cm³/mol. The van der Waals surface area contributed by atoms with Gasteiger partial charge in [0, 0.05) is 6.42 Å². The monoisotopic (exact) mass is 690 g/mol. The molecule has 0 aromatic heterocycles. The van der Waals surface area contributed by atoms with Crippen LogP contribution >= 0.6 is 0 Å². The van der Waals surface area contributed by atoms with E-state index in [1.807, 2.05) is 0 Å². The highest BCUT2D eigenvalue weighted by Crippen LogP contribution is 2.13. The molecule has 0 aliphatic heterocycles. The van der Waals surface area contributed by atoms with Gasteiger partial charge in [-0.2, -0.15) is 0 Å². The fourth-order valence-corrected chi connectivity index (χ4v) is 4.76. The topological polar surface area (TPSA) is 281 Å². The first kappa shape index (κ1) is 42.5. The smallest absolute Gasteiger partial charge is 0.326 e. The number of carbonyl (C=O) groups excluding carboxylic acids is 5. The highest BCUT2D eigenvalue weighted by atomic mass is 16.4. The zero-order valence-electron chi connectivity index (χ0n) is 28.6. The number of aliphatic carboxylic acids is 1. The Balaban J connectivity index is 3.27. The van der Waals surface area contributed by atoms with Crippen molar-refractivity contribution in [3.8, 4) is 5.75 Å². The maximum absolute atomic E-state index is 13.6. The molecule has 0 heterocycles. The Kier molecular flexibility index (Phi) is 19.2. The number of phenols is 1. The van der Waals surface area contributed by atoms with Gasteiger partial charge in [0.05, 0.1) is 6.04 Å². The van der Waals surface area contributed by atoms with Crippen LogP contribution < -0.4 is 43.8 Å². The summed E-state index contributed by atoms with van der Waals surface area (Å²) in [6.45, 7) is 9.13. The molecule has 0 aliphatic carbocycles. The van der Waals surface area contributed by atoms with Crippen LogP contribution in [0, 0.1) is 5.92 Å². The number of benzene rings is 1. The quantitative estimate of drug-likeness (QED) is 0.0485. The second-order valence-corrected chi connectivity index (χ2v) is 12.3. The third-order valence-electron chi connectivity index (χ3n) is 7.45. The SMILES string of the molecule is C=CC[C@H](NC(=O)[C@H](CCCCN)NC(=O)[C@H](CCN)NC(=O)[C@H](C)N)C(=O)N[C@@H](Cc1ccc(O)cc1)C(=O)N[C@@H](CC(C)C)C(=O)O. The van der Waals surface area contributed by atoms with Crippen molar-refractivity contribution in [2.24, 2.45) is 23.1 Å². The highest BCUT2D eigenvalue weighted by molar-refractivity contribution is 5.96. The number of nitrogens with one attached hydrogen (secondary N) is 5. The Labute approximate surface area is 287 Å². The minimum atomic E-state index is -1.26. The summed E-state index contributed by atoms with van der Waals surface area (Å²) < 4.78 is 0. The third kappa shape index (κ3) is 15.9. The average Bonchev–Trinajstić information content (AvgIpc) is 3.03. The van der Waals surface area contributed by atoms with E-state index in [1.165, 1.54) is 25.1 Å². The van der Waals surface area contributed by atoms with E-state index in [4.69, 9.17) is 17.2 Å². The summed E-state index contributed by atoms with van der Waals surface area (Å²) in [6, 6.07) is -0.878. The van der Waals surface area contributed by atoms with Crippen molar-refractivity contribution in [3.63, 3.8) is 0 Å². The van der Waals surface area contributed by atoms with Crippen molar-refractivity contribution >= 4 is 35.5 Å². The summed E-state index contributed by atoms with van der Waals surface area (Å²) in [5, 5.41) is 32.3. The molecule has 6 atom stereocenters. The minimum absolute atomic E-state index is 0.0100. The summed E-state index contributed by atoms with van der Waals surface area (Å²) in [4.78, 5) is 77.8. The van der Waals surface area contributed by atoms with Gasteiger partial charge in [-0.3, -0.25) is 24.0 Å². The average molecular weight is 691 g/mol. The van der Waals surface area contributed by atoms with E-state index >= 15 is 0 Å². The van der Waals surface area contributed by atoms with E-state index in [9.17, 15) is 39.0 Å². The molecule has 16 nitrogen and oxygen atoms in total. The van der Waals surface area contributed by atoms with Crippen LogP contribution in [0.15, 0.2) is 36.9 Å². The van der Waals surface area contributed by atoms with Gasteiger partial charge >= 0.3 is 5.97 Å². The van der Waals surface area contributed by atoms with E-state index in [1.54, 1.807) is 26.0 Å². The van der Waals surface area contributed by atoms with E-state index in [-0.39, 0.29) is 50.3 Å². The number of nitrogens with two attached hydrogens (primary N) is 3. The second kappa shape index (κ2) is 22.2. The van der Waals surface area contributed by atoms with Gasteiger partial charge < -0.3 is 54.0 Å². The van der Waals surface area contributed by atoms with Gasteiger partial charge in [0.2, 0.25) is 29.5 Å². The molecule has 274 valence electrons. The van der Waals surface area contributed by atoms with Crippen LogP contribution in [-0.2, 0) is 35.2 Å². The van der Waals surface area contributed by atoms with Crippen molar-refractivity contribution < 1.29 is 39.0 Å². The van der Waals surface area contributed by atoms with Crippen molar-refractivity contribution in [2.45, 2.75) is 102 Å². The molecule has 1 rings (SSSR count). The summed E-state index contributed by atoms with van der Waals surface area (Å²) in [6.07, 6.45) is 2.66. The van der Waals surface area contributed by atoms with Gasteiger partial charge in [-0.1, -0.05) is 32.1 Å². The Hall–Kier alpha value is -4.54. The van der Waals surface area contributed by atoms with Crippen molar-refractivity contribution in [2.75, 3.05) is 13.1 Å². The molecule has 0 spiro atoms. The van der Waals surface area contributed by atoms with Crippen LogP contribution in [0.5, 0.6) is 5.75 Å². The number of phenolic OH excluding ortho intramolecular Hbond substituents is 1. The number of aromatic hydroxyl groups is 1. The zero-order chi connectivity index (χ0) is 37.1. The summed E-state index contributed by atoms with van der Waals surface area (Å²) >= 11 is 0. The van der Waals surface area contributed by atoms with Crippen LogP contribution in [0.3, 0.4) is 0 Å². The maximum Gasteiger partial charge on any atom is 0.326 e. The molecule has 0 bridgehead atoms. The number of carboxylic acid groups (broad SMARTS) is 1. The first-order chi connectivity index (χ1) is 23.1. The molecule has 0 unspecified atom stereocenters. The lowest BCUT2D eigenvalue weighted by Crippen LogP contribution is -2.59. The summed E-state index contributed by atoms with van der Waals surface area (Å²) in [7, 11) is 0. The summed E-state index contributed by atoms with van der Waals surface area (Å²) in [5.74, 6) is -4.78. The van der Waals surface area contributed by atoms with E-state index < -0.39 is 71.8 Å². The minimum Gasteiger partial charge on any atom is -0.508 e. The molecule has 1 aromatic rings. The zero-order valence-corrected chi connectivity index (χ0v) is 28.6. The Bertz CT molecular complexity index is 1260. The number of rotatable bonds is 23. The van der Waals surface area contributed by atoms with Gasteiger partial charge in [-0.25, -0.2) is 4.79 Å². The van der Waals surface area contributed by atoms with E-state index in [0.29, 0.717) is 24.9 Å². The number of carboxylic acids is 1. The molecule has 0 fully saturated rings. The number of carbonyl (C=O) groups is 6. The molecule has 5 amide bonds. The molecule has 0 saturated heterocycles. The van der Waals surface area contributed by atoms with Crippen molar-refractivity contribution in [3.05, 3.63) is 42.5 Å². The van der Waals surface area contributed by atoms with Crippen LogP contribution in [0.2, 0.25) is 0 Å². The Morgan fingerprint density at radius 3 is 1.71 bits per heavy atom. The van der Waals surface area contributed by atoms with Gasteiger partial charge in [-0.05, 0) is 82.2 Å². The van der Waals surface area contributed by atoms with Crippen molar-refractivity contribution in [1.29, 1.82) is 0 Å². The number of amides is 5. The molecular formula is C33H54N8O8. The lowest BCUT2D eigenvalue weighted by molar-refractivity contribution is -0.142. The normalized spacial score (nSPS) is 14.7. The molecule has 13 N–H and O–H groups in total. The molecule has 0 saturated carbocycles. The number of hydrogen-bond acceptors (Lipinski definition) is 10. The molecular weight excluding hydrogens is 636 g/mol. The number of unbranched alkanes of at least 4 members (excludes halogenated alkanes) is 1. The summed E-state index contributed by atoms with van der Waals surface area (Å²) in [5.41, 5.74) is 17.4. The predicted octanol–water partition coefficient (Wildman–Crippen LogP) is -1.11. The number of hydrogen-bond donors (Lipinski definition) is 10.